The summed E-state index contributed by atoms with van der Waals surface area (Å²) in [5.74, 6) is 0. The molecule has 5 nitrogen and oxygen atoms in total. The van der Waals surface area contributed by atoms with Crippen molar-refractivity contribution in [3.8, 4) is 0 Å². The summed E-state index contributed by atoms with van der Waals surface area (Å²) in [4.78, 5) is 20.9. The highest BCUT2D eigenvalue weighted by atomic mass is 32.1. The number of halogens is 1. The second-order valence-corrected chi connectivity index (χ2v) is 11.9. The number of anilines is 1. The number of likely N-dealkylation sites (tertiary alicyclic amines) is 1. The summed E-state index contributed by atoms with van der Waals surface area (Å²) in [6.45, 7) is 12.1. The molecule has 1 unspecified atom stereocenters. The van der Waals surface area contributed by atoms with Crippen molar-refractivity contribution >= 4 is 23.1 Å². The van der Waals surface area contributed by atoms with Gasteiger partial charge in [-0.25, -0.2) is 4.79 Å². The zero-order valence-corrected chi connectivity index (χ0v) is 22.6. The van der Waals surface area contributed by atoms with E-state index in [0.29, 0.717) is 5.69 Å². The van der Waals surface area contributed by atoms with Gasteiger partial charge in [0.05, 0.1) is 0 Å². The second kappa shape index (κ2) is 10.3. The van der Waals surface area contributed by atoms with Crippen LogP contribution in [-0.2, 0) is 16.7 Å². The van der Waals surface area contributed by atoms with E-state index in [-0.39, 0.29) is 16.1 Å². The molecular formula is C29H36FN3O2S. The van der Waals surface area contributed by atoms with Crippen LogP contribution in [0.15, 0.2) is 60.8 Å². The van der Waals surface area contributed by atoms with Gasteiger partial charge in [0.25, 0.3) is 0 Å². The third kappa shape index (κ3) is 5.62. The number of rotatable bonds is 8. The third-order valence-electron chi connectivity index (χ3n) is 7.89. The summed E-state index contributed by atoms with van der Waals surface area (Å²) >= 11 is 1.19. The Morgan fingerprint density at radius 1 is 1.14 bits per heavy atom. The van der Waals surface area contributed by atoms with Gasteiger partial charge in [-0.05, 0) is 96.3 Å². The minimum atomic E-state index is -0.752. The van der Waals surface area contributed by atoms with Crippen molar-refractivity contribution in [1.29, 1.82) is 0 Å². The lowest BCUT2D eigenvalue weighted by Gasteiger charge is -2.45. The van der Waals surface area contributed by atoms with Crippen LogP contribution in [0.5, 0.6) is 0 Å². The Morgan fingerprint density at radius 2 is 1.89 bits per heavy atom. The average molecular weight is 510 g/mol. The smallest absolute Gasteiger partial charge is 0.412 e. The number of amides is 1. The van der Waals surface area contributed by atoms with Crippen LogP contribution in [0.1, 0.15) is 56.7 Å². The topological polar surface area (TPSA) is 54.5 Å². The average Bonchev–Trinajstić information content (AvgIpc) is 3.46. The van der Waals surface area contributed by atoms with Gasteiger partial charge in [0.15, 0.2) is 5.13 Å². The number of thiophene rings is 1. The Morgan fingerprint density at radius 3 is 2.53 bits per heavy atom. The summed E-state index contributed by atoms with van der Waals surface area (Å²) in [6.07, 6.45) is 3.89. The molecule has 1 aliphatic heterocycles. The van der Waals surface area contributed by atoms with Crippen LogP contribution >= 0.6 is 11.3 Å². The summed E-state index contributed by atoms with van der Waals surface area (Å²) in [7, 11) is 0. The Bertz CT molecular complexity index is 1180. The molecule has 1 N–H and O–H groups in total. The number of hydrogen-bond donors (Lipinski definition) is 1. The van der Waals surface area contributed by atoms with E-state index in [0.717, 1.165) is 48.5 Å². The minimum absolute atomic E-state index is 0.169. The maximum Gasteiger partial charge on any atom is 0.412 e. The third-order valence-corrected chi connectivity index (χ3v) is 8.82. The van der Waals surface area contributed by atoms with Crippen molar-refractivity contribution in [3.05, 3.63) is 82.1 Å². The minimum Gasteiger partial charge on any atom is -0.443 e. The number of carbonyl (C=O) groups is 1. The zero-order chi connectivity index (χ0) is 26.0. The number of aromatic nitrogens is 1. The standard InChI is InChI=1S/C29H36FN3O2S/c1-21-11-12-22(19-31-21)27(2,3)33-18-17-29(20-33,16-15-24-13-14-25(30)36-24)28(4,5)35-26(34)32-23-9-7-6-8-10-23/h6-14,19H,15-18,20H2,1-5H3,(H,32,34). The van der Waals surface area contributed by atoms with E-state index in [4.69, 9.17) is 4.74 Å². The van der Waals surface area contributed by atoms with E-state index in [9.17, 15) is 9.18 Å². The predicted octanol–water partition coefficient (Wildman–Crippen LogP) is 7.18. The van der Waals surface area contributed by atoms with Crippen LogP contribution in [0, 0.1) is 17.5 Å². The first-order valence-electron chi connectivity index (χ1n) is 12.5. The van der Waals surface area contributed by atoms with Gasteiger partial charge in [0.2, 0.25) is 0 Å². The van der Waals surface area contributed by atoms with Gasteiger partial charge >= 0.3 is 6.09 Å². The lowest BCUT2D eigenvalue weighted by atomic mass is 9.69. The first kappa shape index (κ1) is 26.3. The van der Waals surface area contributed by atoms with E-state index in [2.05, 4.69) is 35.1 Å². The van der Waals surface area contributed by atoms with E-state index in [1.807, 2.05) is 69.4 Å². The number of nitrogens with zero attached hydrogens (tertiary/aromatic N) is 2. The molecule has 2 aromatic heterocycles. The number of pyridine rings is 1. The van der Waals surface area contributed by atoms with Crippen molar-refractivity contribution < 1.29 is 13.9 Å². The molecule has 3 heterocycles. The Balaban J connectivity index is 1.57. The molecule has 4 rings (SSSR count). The lowest BCUT2D eigenvalue weighted by molar-refractivity contribution is -0.0641. The van der Waals surface area contributed by atoms with E-state index in [1.54, 1.807) is 0 Å². The predicted molar refractivity (Wildman–Crippen MR) is 144 cm³/mol. The summed E-state index contributed by atoms with van der Waals surface area (Å²) in [5, 5.41) is 2.69. The highest BCUT2D eigenvalue weighted by Gasteiger charge is 2.53. The van der Waals surface area contributed by atoms with Crippen LogP contribution in [0.25, 0.3) is 0 Å². The van der Waals surface area contributed by atoms with Gasteiger partial charge in [-0.3, -0.25) is 15.2 Å². The maximum atomic E-state index is 13.7. The molecule has 1 fully saturated rings. The zero-order valence-electron chi connectivity index (χ0n) is 21.8. The Hall–Kier alpha value is -2.77. The fourth-order valence-corrected chi connectivity index (χ4v) is 5.94. The number of carbonyl (C=O) groups excluding carboxylic acids is 1. The molecular weight excluding hydrogens is 473 g/mol. The van der Waals surface area contributed by atoms with Crippen LogP contribution in [0.3, 0.4) is 0 Å². The number of para-hydroxylation sites is 1. The van der Waals surface area contributed by atoms with E-state index in [1.165, 1.54) is 17.4 Å². The summed E-state index contributed by atoms with van der Waals surface area (Å²) < 4.78 is 19.8. The highest BCUT2D eigenvalue weighted by molar-refractivity contribution is 7.10. The molecule has 1 atom stereocenters. The molecule has 1 amide bonds. The van der Waals surface area contributed by atoms with Crippen LogP contribution < -0.4 is 5.32 Å². The number of benzene rings is 1. The summed E-state index contributed by atoms with van der Waals surface area (Å²) in [5.41, 5.74) is 1.55. The van der Waals surface area contributed by atoms with E-state index >= 15 is 0 Å². The number of ether oxygens (including phenoxy) is 1. The number of hydrogen-bond acceptors (Lipinski definition) is 5. The monoisotopic (exact) mass is 509 g/mol. The van der Waals surface area contributed by atoms with Crippen LogP contribution in [0.2, 0.25) is 0 Å². The molecule has 0 aliphatic carbocycles. The second-order valence-electron chi connectivity index (χ2n) is 10.8. The van der Waals surface area contributed by atoms with Crippen molar-refractivity contribution in [2.45, 2.75) is 65.0 Å². The molecule has 1 saturated heterocycles. The van der Waals surface area contributed by atoms with Crippen molar-refractivity contribution in [2.75, 3.05) is 18.4 Å². The van der Waals surface area contributed by atoms with Gasteiger partial charge < -0.3 is 4.74 Å². The Kier molecular flexibility index (Phi) is 7.53. The molecule has 0 radical (unpaired) electrons. The fraction of sp³-hybridized carbons (Fsp3) is 0.448. The van der Waals surface area contributed by atoms with Gasteiger partial charge in [-0.1, -0.05) is 24.3 Å². The van der Waals surface area contributed by atoms with Crippen molar-refractivity contribution in [3.63, 3.8) is 0 Å². The van der Waals surface area contributed by atoms with Gasteiger partial charge in [0.1, 0.15) is 5.60 Å². The molecule has 3 aromatic rings. The molecule has 192 valence electrons. The van der Waals surface area contributed by atoms with E-state index < -0.39 is 11.7 Å². The first-order chi connectivity index (χ1) is 17.0. The highest BCUT2D eigenvalue weighted by Crippen LogP contribution is 2.49. The molecule has 0 saturated carbocycles. The largest absolute Gasteiger partial charge is 0.443 e. The van der Waals surface area contributed by atoms with Crippen LogP contribution in [0.4, 0.5) is 14.9 Å². The maximum absolute atomic E-state index is 13.7. The fourth-order valence-electron chi connectivity index (χ4n) is 5.21. The summed E-state index contributed by atoms with van der Waals surface area (Å²) in [6, 6.07) is 16.9. The molecule has 7 heteroatoms. The molecule has 0 bridgehead atoms. The van der Waals surface area contributed by atoms with Gasteiger partial charge in [-0.2, -0.15) is 4.39 Å². The number of nitrogens with one attached hydrogen (secondary N) is 1. The SMILES string of the molecule is Cc1ccc(C(C)(C)N2CCC(CCc3ccc(F)s3)(C(C)(C)OC(=O)Nc3ccccc3)C2)cn1. The first-order valence-corrected chi connectivity index (χ1v) is 13.3. The van der Waals surface area contributed by atoms with Gasteiger partial charge in [-0.15, -0.1) is 11.3 Å². The Labute approximate surface area is 217 Å². The van der Waals surface area contributed by atoms with Crippen LogP contribution in [-0.4, -0.2) is 34.7 Å². The molecule has 1 aliphatic rings. The van der Waals surface area contributed by atoms with Crippen molar-refractivity contribution in [2.24, 2.45) is 5.41 Å². The quantitative estimate of drug-likeness (QED) is 0.349. The van der Waals surface area contributed by atoms with Crippen molar-refractivity contribution in [1.82, 2.24) is 9.88 Å². The molecule has 0 spiro atoms. The molecule has 1 aromatic carbocycles. The number of aryl methyl sites for hydroxylation is 2. The molecule has 36 heavy (non-hydrogen) atoms. The lowest BCUT2D eigenvalue weighted by Crippen LogP contribution is -2.51. The van der Waals surface area contributed by atoms with Gasteiger partial charge in [0, 0.05) is 40.0 Å². The normalized spacial score (nSPS) is 18.8.